The van der Waals surface area contributed by atoms with Gasteiger partial charge in [0.2, 0.25) is 5.91 Å². The quantitative estimate of drug-likeness (QED) is 0.703. The molecule has 1 saturated heterocycles. The highest BCUT2D eigenvalue weighted by Gasteiger charge is 2.22. The number of likely N-dealkylation sites (tertiary alicyclic amines) is 1. The van der Waals surface area contributed by atoms with Crippen molar-refractivity contribution in [2.75, 3.05) is 26.7 Å². The molecule has 5 nitrogen and oxygen atoms in total. The first kappa shape index (κ1) is 13.0. The topological polar surface area (TPSA) is 69.6 Å². The van der Waals surface area contributed by atoms with Crippen molar-refractivity contribution < 1.29 is 14.7 Å². The number of amides is 1. The van der Waals surface area contributed by atoms with Gasteiger partial charge in [-0.25, -0.2) is 0 Å². The highest BCUT2D eigenvalue weighted by Crippen LogP contribution is 2.17. The molecule has 0 saturated carbocycles. The molecule has 0 aromatic carbocycles. The molecule has 0 spiro atoms. The van der Waals surface area contributed by atoms with E-state index in [2.05, 4.69) is 10.2 Å². The first-order valence-corrected chi connectivity index (χ1v) is 5.67. The summed E-state index contributed by atoms with van der Waals surface area (Å²) in [6, 6.07) is 0. The van der Waals surface area contributed by atoms with E-state index >= 15 is 0 Å². The van der Waals surface area contributed by atoms with Crippen molar-refractivity contribution in [3.05, 3.63) is 0 Å². The van der Waals surface area contributed by atoms with Gasteiger partial charge >= 0.3 is 5.97 Å². The Morgan fingerprint density at radius 2 is 2.25 bits per heavy atom. The van der Waals surface area contributed by atoms with Gasteiger partial charge in [0.05, 0.1) is 5.92 Å². The van der Waals surface area contributed by atoms with Crippen LogP contribution in [0, 0.1) is 11.8 Å². The highest BCUT2D eigenvalue weighted by molar-refractivity contribution is 5.77. The van der Waals surface area contributed by atoms with Crippen molar-refractivity contribution in [3.63, 3.8) is 0 Å². The molecule has 2 unspecified atom stereocenters. The molecule has 1 rings (SSSR count). The Labute approximate surface area is 95.8 Å². The van der Waals surface area contributed by atoms with Crippen LogP contribution in [0.1, 0.15) is 19.8 Å². The van der Waals surface area contributed by atoms with Gasteiger partial charge in [-0.3, -0.25) is 9.59 Å². The fraction of sp³-hybridized carbons (Fsp3) is 0.818. The van der Waals surface area contributed by atoms with Gasteiger partial charge in [0.1, 0.15) is 0 Å². The molecule has 1 aliphatic heterocycles. The molecule has 0 bridgehead atoms. The minimum Gasteiger partial charge on any atom is -0.481 e. The van der Waals surface area contributed by atoms with Crippen LogP contribution in [0.2, 0.25) is 0 Å². The average Bonchev–Trinajstić information content (AvgIpc) is 2.60. The van der Waals surface area contributed by atoms with Gasteiger partial charge in [-0.2, -0.15) is 0 Å². The number of hydrogen-bond acceptors (Lipinski definition) is 3. The Balaban J connectivity index is 2.18. The van der Waals surface area contributed by atoms with Crippen LogP contribution in [-0.2, 0) is 9.59 Å². The summed E-state index contributed by atoms with van der Waals surface area (Å²) in [5.41, 5.74) is 0. The molecule has 0 radical (unpaired) electrons. The largest absolute Gasteiger partial charge is 0.481 e. The van der Waals surface area contributed by atoms with Crippen molar-refractivity contribution in [3.8, 4) is 0 Å². The van der Waals surface area contributed by atoms with Crippen LogP contribution < -0.4 is 5.32 Å². The van der Waals surface area contributed by atoms with E-state index in [-0.39, 0.29) is 12.5 Å². The summed E-state index contributed by atoms with van der Waals surface area (Å²) >= 11 is 0. The SMILES string of the molecule is CC(CNC(=O)CC1CCN(C)C1)C(=O)O. The lowest BCUT2D eigenvalue weighted by atomic mass is 10.0. The highest BCUT2D eigenvalue weighted by atomic mass is 16.4. The van der Waals surface area contributed by atoms with Crippen LogP contribution in [-0.4, -0.2) is 48.6 Å². The van der Waals surface area contributed by atoms with Gasteiger partial charge < -0.3 is 15.3 Å². The van der Waals surface area contributed by atoms with E-state index in [1.54, 1.807) is 6.92 Å². The number of carboxylic acids is 1. The third kappa shape index (κ3) is 4.18. The zero-order chi connectivity index (χ0) is 12.1. The van der Waals surface area contributed by atoms with Crippen molar-refractivity contribution in [2.24, 2.45) is 11.8 Å². The maximum absolute atomic E-state index is 11.5. The van der Waals surface area contributed by atoms with E-state index < -0.39 is 11.9 Å². The number of aliphatic carboxylic acids is 1. The van der Waals surface area contributed by atoms with Gasteiger partial charge in [-0.1, -0.05) is 6.92 Å². The average molecular weight is 228 g/mol. The third-order valence-corrected chi connectivity index (χ3v) is 2.99. The maximum Gasteiger partial charge on any atom is 0.308 e. The Hall–Kier alpha value is -1.10. The number of carbonyl (C=O) groups is 2. The molecular weight excluding hydrogens is 208 g/mol. The number of hydrogen-bond donors (Lipinski definition) is 2. The van der Waals surface area contributed by atoms with Crippen molar-refractivity contribution in [1.82, 2.24) is 10.2 Å². The van der Waals surface area contributed by atoms with Crippen LogP contribution in [0.5, 0.6) is 0 Å². The van der Waals surface area contributed by atoms with Gasteiger partial charge in [-0.05, 0) is 25.9 Å². The molecule has 5 heteroatoms. The molecule has 1 heterocycles. The fourth-order valence-corrected chi connectivity index (χ4v) is 1.88. The van der Waals surface area contributed by atoms with Crippen LogP contribution in [0.3, 0.4) is 0 Å². The Morgan fingerprint density at radius 3 is 2.75 bits per heavy atom. The van der Waals surface area contributed by atoms with Crippen molar-refractivity contribution >= 4 is 11.9 Å². The first-order valence-electron chi connectivity index (χ1n) is 5.67. The number of nitrogens with zero attached hydrogens (tertiary/aromatic N) is 1. The monoisotopic (exact) mass is 228 g/mol. The lowest BCUT2D eigenvalue weighted by Crippen LogP contribution is -2.32. The zero-order valence-electron chi connectivity index (χ0n) is 9.90. The predicted molar refractivity (Wildman–Crippen MR) is 60.0 cm³/mol. The molecule has 16 heavy (non-hydrogen) atoms. The van der Waals surface area contributed by atoms with Crippen molar-refractivity contribution in [1.29, 1.82) is 0 Å². The molecule has 2 atom stereocenters. The van der Waals surface area contributed by atoms with Crippen LogP contribution in [0.15, 0.2) is 0 Å². The molecule has 2 N–H and O–H groups in total. The Morgan fingerprint density at radius 1 is 1.56 bits per heavy atom. The number of carbonyl (C=O) groups excluding carboxylic acids is 1. The lowest BCUT2D eigenvalue weighted by molar-refractivity contribution is -0.141. The molecule has 0 aromatic rings. The summed E-state index contributed by atoms with van der Waals surface area (Å²) in [6.07, 6.45) is 1.56. The van der Waals surface area contributed by atoms with E-state index in [1.807, 2.05) is 7.05 Å². The van der Waals surface area contributed by atoms with Crippen molar-refractivity contribution in [2.45, 2.75) is 19.8 Å². The second kappa shape index (κ2) is 5.84. The van der Waals surface area contributed by atoms with Gasteiger partial charge in [0.15, 0.2) is 0 Å². The molecule has 0 aromatic heterocycles. The summed E-state index contributed by atoms with van der Waals surface area (Å²) in [7, 11) is 2.05. The summed E-state index contributed by atoms with van der Waals surface area (Å²) in [4.78, 5) is 24.3. The van der Waals surface area contributed by atoms with E-state index in [0.29, 0.717) is 12.3 Å². The third-order valence-electron chi connectivity index (χ3n) is 2.99. The summed E-state index contributed by atoms with van der Waals surface area (Å²) in [5.74, 6) is -1.00. The summed E-state index contributed by atoms with van der Waals surface area (Å²) in [5, 5.41) is 11.3. The normalized spacial score (nSPS) is 23.0. The first-order chi connectivity index (χ1) is 7.49. The predicted octanol–water partition coefficient (Wildman–Crippen LogP) is 0.165. The maximum atomic E-state index is 11.5. The van der Waals surface area contributed by atoms with E-state index in [0.717, 1.165) is 19.5 Å². The lowest BCUT2D eigenvalue weighted by Gasteiger charge is -2.12. The second-order valence-corrected chi connectivity index (χ2v) is 4.66. The van der Waals surface area contributed by atoms with Crippen LogP contribution >= 0.6 is 0 Å². The minimum absolute atomic E-state index is 0.0339. The van der Waals surface area contributed by atoms with Crippen LogP contribution in [0.25, 0.3) is 0 Å². The Bertz CT molecular complexity index is 268. The summed E-state index contributed by atoms with van der Waals surface area (Å²) in [6.45, 7) is 3.81. The molecule has 1 fully saturated rings. The molecule has 0 aliphatic carbocycles. The molecular formula is C11H20N2O3. The molecule has 92 valence electrons. The number of rotatable bonds is 5. The smallest absolute Gasteiger partial charge is 0.308 e. The van der Waals surface area contributed by atoms with Gasteiger partial charge in [0, 0.05) is 19.5 Å². The summed E-state index contributed by atoms with van der Waals surface area (Å²) < 4.78 is 0. The van der Waals surface area contributed by atoms with Crippen LogP contribution in [0.4, 0.5) is 0 Å². The molecule has 1 aliphatic rings. The van der Waals surface area contributed by atoms with Gasteiger partial charge in [0.25, 0.3) is 0 Å². The Kier molecular flexibility index (Phi) is 4.73. The fourth-order valence-electron chi connectivity index (χ4n) is 1.88. The van der Waals surface area contributed by atoms with Gasteiger partial charge in [-0.15, -0.1) is 0 Å². The second-order valence-electron chi connectivity index (χ2n) is 4.66. The van der Waals surface area contributed by atoms with E-state index in [9.17, 15) is 9.59 Å². The number of carboxylic acid groups (broad SMARTS) is 1. The molecule has 1 amide bonds. The van der Waals surface area contributed by atoms with E-state index in [1.165, 1.54) is 0 Å². The minimum atomic E-state index is -0.874. The number of nitrogens with one attached hydrogen (secondary N) is 1. The standard InChI is InChI=1S/C11H20N2O3/c1-8(11(15)16)6-12-10(14)5-9-3-4-13(2)7-9/h8-9H,3-7H2,1-2H3,(H,12,14)(H,15,16). The van der Waals surface area contributed by atoms with E-state index in [4.69, 9.17) is 5.11 Å². The zero-order valence-corrected chi connectivity index (χ0v) is 9.90.